The van der Waals surface area contributed by atoms with Gasteiger partial charge < -0.3 is 9.73 Å². The van der Waals surface area contributed by atoms with Gasteiger partial charge in [0.05, 0.1) is 17.8 Å². The molecule has 1 saturated heterocycles. The monoisotopic (exact) mass is 414 g/mol. The minimum atomic E-state index is -0.100. The van der Waals surface area contributed by atoms with E-state index in [1.54, 1.807) is 16.8 Å². The number of furan rings is 1. The van der Waals surface area contributed by atoms with Crippen LogP contribution in [0.3, 0.4) is 0 Å². The van der Waals surface area contributed by atoms with Crippen LogP contribution < -0.4 is 10.9 Å². The van der Waals surface area contributed by atoms with E-state index in [4.69, 9.17) is 4.42 Å². The maximum atomic E-state index is 12.5. The molecule has 1 aliphatic heterocycles. The molecule has 0 bridgehead atoms. The van der Waals surface area contributed by atoms with Gasteiger partial charge in [-0.1, -0.05) is 27.2 Å². The van der Waals surface area contributed by atoms with Crippen LogP contribution in [-0.2, 0) is 12.0 Å². The van der Waals surface area contributed by atoms with Crippen molar-refractivity contribution in [3.63, 3.8) is 0 Å². The Balaban J connectivity index is 1.62. The molecule has 3 rings (SSSR count). The molecule has 1 N–H and O–H groups in total. The van der Waals surface area contributed by atoms with Crippen LogP contribution in [0.15, 0.2) is 27.4 Å². The van der Waals surface area contributed by atoms with Crippen molar-refractivity contribution in [1.82, 2.24) is 20.0 Å². The smallest absolute Gasteiger partial charge is 0.266 e. The third-order valence-electron chi connectivity index (χ3n) is 5.77. The molecule has 1 unspecified atom stereocenters. The van der Waals surface area contributed by atoms with Crippen molar-refractivity contribution in [2.75, 3.05) is 19.6 Å². The lowest BCUT2D eigenvalue weighted by atomic mass is 9.92. The van der Waals surface area contributed by atoms with Crippen LogP contribution in [-0.4, -0.2) is 46.3 Å². The number of nitrogens with zero attached hydrogens (tertiary/aromatic N) is 3. The maximum absolute atomic E-state index is 12.5. The average molecular weight is 415 g/mol. The van der Waals surface area contributed by atoms with Gasteiger partial charge in [-0.25, -0.2) is 4.68 Å². The Morgan fingerprint density at radius 2 is 2.00 bits per heavy atom. The number of carbonyl (C=O) groups excluding carboxylic acids is 1. The number of carbonyl (C=O) groups is 1. The van der Waals surface area contributed by atoms with Crippen LogP contribution in [0.2, 0.25) is 0 Å². The maximum Gasteiger partial charge on any atom is 0.266 e. The first-order valence-electron chi connectivity index (χ1n) is 10.8. The Morgan fingerprint density at radius 1 is 1.23 bits per heavy atom. The highest BCUT2D eigenvalue weighted by Gasteiger charge is 2.24. The quantitative estimate of drug-likeness (QED) is 0.786. The van der Waals surface area contributed by atoms with Gasteiger partial charge in [-0.3, -0.25) is 14.5 Å². The second-order valence-electron chi connectivity index (χ2n) is 9.25. The first-order chi connectivity index (χ1) is 14.1. The summed E-state index contributed by atoms with van der Waals surface area (Å²) in [5.41, 5.74) is 1.34. The van der Waals surface area contributed by atoms with E-state index in [1.807, 2.05) is 19.9 Å². The van der Waals surface area contributed by atoms with Gasteiger partial charge in [0, 0.05) is 30.6 Å². The van der Waals surface area contributed by atoms with Crippen molar-refractivity contribution in [2.24, 2.45) is 0 Å². The summed E-state index contributed by atoms with van der Waals surface area (Å²) < 4.78 is 7.04. The minimum Gasteiger partial charge on any atom is -0.466 e. The zero-order chi connectivity index (χ0) is 21.9. The van der Waals surface area contributed by atoms with E-state index >= 15 is 0 Å². The topological polar surface area (TPSA) is 80.4 Å². The molecular formula is C23H34N4O3. The van der Waals surface area contributed by atoms with Crippen LogP contribution in [0.1, 0.15) is 67.6 Å². The summed E-state index contributed by atoms with van der Waals surface area (Å²) in [6, 6.07) is 5.47. The van der Waals surface area contributed by atoms with Crippen molar-refractivity contribution in [3.05, 3.63) is 51.3 Å². The molecule has 1 atom stereocenters. The Bertz CT molecular complexity index is 939. The lowest BCUT2D eigenvalue weighted by molar-refractivity contribution is 0.0907. The number of aryl methyl sites for hydroxylation is 2. The zero-order valence-electron chi connectivity index (χ0n) is 18.8. The molecule has 2 aromatic rings. The van der Waals surface area contributed by atoms with Crippen molar-refractivity contribution >= 4 is 5.91 Å². The van der Waals surface area contributed by atoms with Crippen LogP contribution in [0.5, 0.6) is 0 Å². The van der Waals surface area contributed by atoms with Crippen LogP contribution in [0.25, 0.3) is 0 Å². The van der Waals surface area contributed by atoms with Gasteiger partial charge in [-0.2, -0.15) is 5.10 Å². The highest BCUT2D eigenvalue weighted by atomic mass is 16.3. The number of nitrogens with one attached hydrogen (secondary N) is 1. The van der Waals surface area contributed by atoms with E-state index < -0.39 is 0 Å². The molecule has 1 fully saturated rings. The van der Waals surface area contributed by atoms with Gasteiger partial charge in [-0.05, 0) is 45.4 Å². The summed E-state index contributed by atoms with van der Waals surface area (Å²) in [4.78, 5) is 27.2. The fraction of sp³-hybridized carbons (Fsp3) is 0.609. The summed E-state index contributed by atoms with van der Waals surface area (Å²) >= 11 is 0. The molecule has 1 aliphatic rings. The number of hydrogen-bond acceptors (Lipinski definition) is 5. The minimum absolute atomic E-state index is 0.0735. The summed E-state index contributed by atoms with van der Waals surface area (Å²) in [6.45, 7) is 12.8. The van der Waals surface area contributed by atoms with Gasteiger partial charge >= 0.3 is 0 Å². The molecule has 7 nitrogen and oxygen atoms in total. The van der Waals surface area contributed by atoms with Crippen LogP contribution in [0.4, 0.5) is 0 Å². The highest BCUT2D eigenvalue weighted by Crippen LogP contribution is 2.19. The van der Waals surface area contributed by atoms with E-state index in [9.17, 15) is 9.59 Å². The van der Waals surface area contributed by atoms with Crippen LogP contribution in [0, 0.1) is 13.8 Å². The normalized spacial score (nSPS) is 17.8. The predicted octanol–water partition coefficient (Wildman–Crippen LogP) is 3.04. The number of piperidine rings is 1. The molecule has 7 heteroatoms. The zero-order valence-corrected chi connectivity index (χ0v) is 18.8. The number of rotatable bonds is 6. The molecule has 164 valence electrons. The third kappa shape index (κ3) is 5.39. The Kier molecular flexibility index (Phi) is 6.81. The van der Waals surface area contributed by atoms with Gasteiger partial charge in [0.1, 0.15) is 11.5 Å². The number of aromatic nitrogens is 2. The van der Waals surface area contributed by atoms with Gasteiger partial charge in [0.15, 0.2) is 0 Å². The fourth-order valence-electron chi connectivity index (χ4n) is 3.98. The molecule has 0 aliphatic carbocycles. The standard InChI is InChI=1S/C23H34N4O3/c1-16-14-19(17(2)30-16)22(29)24-15-18-8-6-7-11-26(18)12-13-27-21(28)10-9-20(25-27)23(3,4)5/h9-10,14,18H,6-8,11-13,15H2,1-5H3,(H,24,29). The molecular weight excluding hydrogens is 380 g/mol. The lowest BCUT2D eigenvalue weighted by Crippen LogP contribution is -2.48. The predicted molar refractivity (Wildman–Crippen MR) is 117 cm³/mol. The van der Waals surface area contributed by atoms with E-state index in [1.165, 1.54) is 0 Å². The molecule has 0 radical (unpaired) electrons. The fourth-order valence-corrected chi connectivity index (χ4v) is 3.98. The van der Waals surface area contributed by atoms with E-state index in [0.29, 0.717) is 24.4 Å². The summed E-state index contributed by atoms with van der Waals surface area (Å²) in [7, 11) is 0. The molecule has 2 aromatic heterocycles. The molecule has 0 spiro atoms. The van der Waals surface area contributed by atoms with Gasteiger partial charge in [0.2, 0.25) is 0 Å². The Labute approximate surface area is 178 Å². The second kappa shape index (κ2) is 9.16. The van der Waals surface area contributed by atoms with Gasteiger partial charge in [0.25, 0.3) is 11.5 Å². The molecule has 30 heavy (non-hydrogen) atoms. The summed E-state index contributed by atoms with van der Waals surface area (Å²) in [5, 5.41) is 7.64. The largest absolute Gasteiger partial charge is 0.466 e. The van der Waals surface area contributed by atoms with Crippen LogP contribution >= 0.6 is 0 Å². The van der Waals surface area contributed by atoms with Gasteiger partial charge in [-0.15, -0.1) is 0 Å². The highest BCUT2D eigenvalue weighted by molar-refractivity contribution is 5.95. The average Bonchev–Trinajstić information content (AvgIpc) is 3.03. The Hall–Kier alpha value is -2.41. The molecule has 0 aromatic carbocycles. The first-order valence-corrected chi connectivity index (χ1v) is 10.8. The molecule has 3 heterocycles. The number of likely N-dealkylation sites (tertiary alicyclic amines) is 1. The van der Waals surface area contributed by atoms with Crippen molar-refractivity contribution in [1.29, 1.82) is 0 Å². The first kappa shape index (κ1) is 22.3. The summed E-state index contributed by atoms with van der Waals surface area (Å²) in [6.07, 6.45) is 3.32. The third-order valence-corrected chi connectivity index (χ3v) is 5.77. The Morgan fingerprint density at radius 3 is 2.67 bits per heavy atom. The van der Waals surface area contributed by atoms with E-state index in [2.05, 4.69) is 36.1 Å². The molecule has 0 saturated carbocycles. The van der Waals surface area contributed by atoms with Crippen molar-refractivity contribution in [3.8, 4) is 0 Å². The summed E-state index contributed by atoms with van der Waals surface area (Å²) in [5.74, 6) is 1.30. The van der Waals surface area contributed by atoms with E-state index in [-0.39, 0.29) is 22.9 Å². The van der Waals surface area contributed by atoms with Crippen molar-refractivity contribution in [2.45, 2.75) is 71.9 Å². The second-order valence-corrected chi connectivity index (χ2v) is 9.25. The van der Waals surface area contributed by atoms with Crippen molar-refractivity contribution < 1.29 is 9.21 Å². The number of hydrogen-bond donors (Lipinski definition) is 1. The lowest BCUT2D eigenvalue weighted by Gasteiger charge is -2.35. The van der Waals surface area contributed by atoms with E-state index in [0.717, 1.165) is 43.8 Å². The SMILES string of the molecule is Cc1cc(C(=O)NCC2CCCCN2CCn2nc(C(C)(C)C)ccc2=O)c(C)o1. The number of amides is 1. The molecule has 1 amide bonds.